The average molecular weight is 166 g/mol. The summed E-state index contributed by atoms with van der Waals surface area (Å²) < 4.78 is 5.38. The SMILES string of the molecule is C[C@@H]1C2C(=O)O[C@@H]3C2CC1[C@H]3C. The van der Waals surface area contributed by atoms with Crippen LogP contribution in [0.4, 0.5) is 0 Å². The summed E-state index contributed by atoms with van der Waals surface area (Å²) in [6, 6.07) is 0. The highest BCUT2D eigenvalue weighted by molar-refractivity contribution is 5.77. The van der Waals surface area contributed by atoms with Crippen LogP contribution < -0.4 is 0 Å². The van der Waals surface area contributed by atoms with Crippen molar-refractivity contribution in [2.75, 3.05) is 0 Å². The summed E-state index contributed by atoms with van der Waals surface area (Å²) in [6.07, 6.45) is 1.52. The van der Waals surface area contributed by atoms with Crippen LogP contribution in [0.3, 0.4) is 0 Å². The van der Waals surface area contributed by atoms with E-state index >= 15 is 0 Å². The molecule has 0 radical (unpaired) electrons. The van der Waals surface area contributed by atoms with Crippen LogP contribution in [0.5, 0.6) is 0 Å². The third kappa shape index (κ3) is 0.540. The van der Waals surface area contributed by atoms with Crippen LogP contribution in [0, 0.1) is 29.6 Å². The lowest BCUT2D eigenvalue weighted by Crippen LogP contribution is -2.30. The van der Waals surface area contributed by atoms with Gasteiger partial charge < -0.3 is 4.74 Å². The Labute approximate surface area is 72.3 Å². The van der Waals surface area contributed by atoms with E-state index in [0.717, 1.165) is 5.92 Å². The minimum atomic E-state index is 0.0874. The molecule has 0 aromatic heterocycles. The van der Waals surface area contributed by atoms with E-state index in [4.69, 9.17) is 4.74 Å². The first-order chi connectivity index (χ1) is 5.70. The second-order valence-corrected chi connectivity index (χ2v) is 4.71. The molecule has 2 saturated carbocycles. The molecule has 0 amide bonds. The molecule has 2 bridgehead atoms. The van der Waals surface area contributed by atoms with E-state index in [9.17, 15) is 4.79 Å². The van der Waals surface area contributed by atoms with Crippen LogP contribution in [0.25, 0.3) is 0 Å². The van der Waals surface area contributed by atoms with Crippen LogP contribution >= 0.6 is 0 Å². The van der Waals surface area contributed by atoms with Gasteiger partial charge in [-0.2, -0.15) is 0 Å². The van der Waals surface area contributed by atoms with E-state index in [1.807, 2.05) is 0 Å². The number of ether oxygens (including phenoxy) is 1. The van der Waals surface area contributed by atoms with Crippen molar-refractivity contribution in [1.29, 1.82) is 0 Å². The molecule has 0 N–H and O–H groups in total. The molecule has 12 heavy (non-hydrogen) atoms. The van der Waals surface area contributed by atoms with Crippen LogP contribution in [0.2, 0.25) is 0 Å². The summed E-state index contributed by atoms with van der Waals surface area (Å²) in [6.45, 7) is 4.45. The van der Waals surface area contributed by atoms with Gasteiger partial charge in [0.15, 0.2) is 0 Å². The fraction of sp³-hybridized carbons (Fsp3) is 0.900. The van der Waals surface area contributed by atoms with Gasteiger partial charge in [-0.05, 0) is 24.2 Å². The maximum absolute atomic E-state index is 11.4. The Morgan fingerprint density at radius 3 is 2.67 bits per heavy atom. The van der Waals surface area contributed by atoms with Crippen molar-refractivity contribution in [2.45, 2.75) is 26.4 Å². The van der Waals surface area contributed by atoms with Gasteiger partial charge in [0.25, 0.3) is 0 Å². The van der Waals surface area contributed by atoms with E-state index < -0.39 is 0 Å². The fourth-order valence-corrected chi connectivity index (χ4v) is 3.79. The Bertz CT molecular complexity index is 248. The highest BCUT2D eigenvalue weighted by Gasteiger charge is 2.63. The topological polar surface area (TPSA) is 26.3 Å². The predicted octanol–water partition coefficient (Wildman–Crippen LogP) is 1.45. The van der Waals surface area contributed by atoms with Crippen LogP contribution in [-0.4, -0.2) is 12.1 Å². The first-order valence-corrected chi connectivity index (χ1v) is 4.90. The first kappa shape index (κ1) is 6.93. The zero-order valence-electron chi connectivity index (χ0n) is 7.49. The summed E-state index contributed by atoms with van der Waals surface area (Å²) in [7, 11) is 0. The van der Waals surface area contributed by atoms with E-state index in [1.54, 1.807) is 0 Å². The Morgan fingerprint density at radius 1 is 1.25 bits per heavy atom. The first-order valence-electron chi connectivity index (χ1n) is 4.90. The van der Waals surface area contributed by atoms with Gasteiger partial charge in [-0.15, -0.1) is 0 Å². The number of fused-ring (bicyclic) bond motifs is 1. The molecular weight excluding hydrogens is 152 g/mol. The van der Waals surface area contributed by atoms with Crippen LogP contribution in [-0.2, 0) is 9.53 Å². The third-order valence-corrected chi connectivity index (χ3v) is 4.39. The van der Waals surface area contributed by atoms with Gasteiger partial charge in [0.05, 0.1) is 5.92 Å². The van der Waals surface area contributed by atoms with Crippen LogP contribution in [0.1, 0.15) is 20.3 Å². The second-order valence-electron chi connectivity index (χ2n) is 4.71. The van der Waals surface area contributed by atoms with E-state index in [1.165, 1.54) is 6.42 Å². The van der Waals surface area contributed by atoms with Gasteiger partial charge in [-0.25, -0.2) is 0 Å². The molecule has 2 aliphatic carbocycles. The molecule has 0 aromatic rings. The highest BCUT2D eigenvalue weighted by atomic mass is 16.6. The van der Waals surface area contributed by atoms with Gasteiger partial charge in [0.2, 0.25) is 0 Å². The summed E-state index contributed by atoms with van der Waals surface area (Å²) in [5, 5.41) is 0. The van der Waals surface area contributed by atoms with Crippen molar-refractivity contribution in [3.63, 3.8) is 0 Å². The molecule has 2 nitrogen and oxygen atoms in total. The lowest BCUT2D eigenvalue weighted by atomic mass is 9.76. The maximum Gasteiger partial charge on any atom is 0.309 e. The number of rotatable bonds is 0. The van der Waals surface area contributed by atoms with E-state index in [-0.39, 0.29) is 18.0 Å². The normalized spacial score (nSPS) is 61.0. The van der Waals surface area contributed by atoms with Gasteiger partial charge in [0, 0.05) is 5.92 Å². The quantitative estimate of drug-likeness (QED) is 0.509. The molecule has 0 aromatic carbocycles. The largest absolute Gasteiger partial charge is 0.462 e. The molecule has 3 fully saturated rings. The zero-order valence-corrected chi connectivity index (χ0v) is 7.49. The van der Waals surface area contributed by atoms with Crippen molar-refractivity contribution in [3.8, 4) is 0 Å². The lowest BCUT2D eigenvalue weighted by Gasteiger charge is -2.26. The van der Waals surface area contributed by atoms with Gasteiger partial charge in [0.1, 0.15) is 6.10 Å². The van der Waals surface area contributed by atoms with Gasteiger partial charge in [-0.3, -0.25) is 4.79 Å². The minimum absolute atomic E-state index is 0.0874. The molecule has 66 valence electrons. The molecule has 1 heterocycles. The smallest absolute Gasteiger partial charge is 0.309 e. The average Bonchev–Trinajstić information content (AvgIpc) is 2.56. The Hall–Kier alpha value is -0.530. The molecule has 1 aliphatic heterocycles. The molecule has 2 heteroatoms. The second kappa shape index (κ2) is 1.86. The molecule has 3 rings (SSSR count). The van der Waals surface area contributed by atoms with Crippen molar-refractivity contribution >= 4 is 5.97 Å². The van der Waals surface area contributed by atoms with Gasteiger partial charge >= 0.3 is 5.97 Å². The monoisotopic (exact) mass is 166 g/mol. The summed E-state index contributed by atoms with van der Waals surface area (Å²) in [5.74, 6) is 2.88. The molecule has 3 unspecified atom stereocenters. The number of hydrogen-bond donors (Lipinski definition) is 0. The molecule has 6 atom stereocenters. The standard InChI is InChI=1S/C10H14O2/c1-4-6-3-7-8(4)10(11)12-9(7)5(6)2/h4-9H,3H2,1-2H3/t4-,5+,6?,7?,8?,9-/m0/s1. The third-order valence-electron chi connectivity index (χ3n) is 4.39. The Morgan fingerprint density at radius 2 is 2.00 bits per heavy atom. The predicted molar refractivity (Wildman–Crippen MR) is 43.3 cm³/mol. The van der Waals surface area contributed by atoms with Crippen molar-refractivity contribution in [2.24, 2.45) is 29.6 Å². The lowest BCUT2D eigenvalue weighted by molar-refractivity contribution is -0.144. The molecule has 3 aliphatic rings. The van der Waals surface area contributed by atoms with E-state index in [2.05, 4.69) is 13.8 Å². The summed E-state index contributed by atoms with van der Waals surface area (Å²) >= 11 is 0. The highest BCUT2D eigenvalue weighted by Crippen LogP contribution is 2.59. The summed E-state index contributed by atoms with van der Waals surface area (Å²) in [4.78, 5) is 11.4. The summed E-state index contributed by atoms with van der Waals surface area (Å²) in [5.41, 5.74) is 0. The molecular formula is C10H14O2. The van der Waals surface area contributed by atoms with Crippen LogP contribution in [0.15, 0.2) is 0 Å². The van der Waals surface area contributed by atoms with Crippen molar-refractivity contribution in [3.05, 3.63) is 0 Å². The number of esters is 1. The van der Waals surface area contributed by atoms with E-state index in [0.29, 0.717) is 17.8 Å². The Kier molecular flexibility index (Phi) is 1.07. The van der Waals surface area contributed by atoms with Crippen molar-refractivity contribution < 1.29 is 9.53 Å². The maximum atomic E-state index is 11.4. The fourth-order valence-electron chi connectivity index (χ4n) is 3.79. The molecule has 0 spiro atoms. The number of hydrogen-bond acceptors (Lipinski definition) is 2. The zero-order chi connectivity index (χ0) is 8.46. The van der Waals surface area contributed by atoms with Crippen molar-refractivity contribution in [1.82, 2.24) is 0 Å². The Balaban J connectivity index is 2.06. The molecule has 1 saturated heterocycles. The van der Waals surface area contributed by atoms with Gasteiger partial charge in [-0.1, -0.05) is 13.8 Å². The number of carbonyl (C=O) groups excluding carboxylic acids is 1. The minimum Gasteiger partial charge on any atom is -0.462 e. The number of carbonyl (C=O) groups is 1.